The molecule has 1 aromatic rings. The van der Waals surface area contributed by atoms with E-state index in [1.54, 1.807) is 17.5 Å². The van der Waals surface area contributed by atoms with Gasteiger partial charge in [-0.3, -0.25) is 4.79 Å². The number of amides is 2. The van der Waals surface area contributed by atoms with Crippen LogP contribution in [0.25, 0.3) is 0 Å². The highest BCUT2D eigenvalue weighted by atomic mass is 32.1. The third-order valence-electron chi connectivity index (χ3n) is 2.95. The first-order chi connectivity index (χ1) is 8.58. The molecule has 1 atom stereocenters. The van der Waals surface area contributed by atoms with Crippen LogP contribution < -0.4 is 5.32 Å². The summed E-state index contributed by atoms with van der Waals surface area (Å²) in [6.07, 6.45) is 1.74. The zero-order valence-corrected chi connectivity index (χ0v) is 10.8. The van der Waals surface area contributed by atoms with Crippen LogP contribution in [0.1, 0.15) is 17.8 Å². The van der Waals surface area contributed by atoms with E-state index >= 15 is 0 Å². The molecule has 0 bridgehead atoms. The monoisotopic (exact) mass is 269 g/mol. The first kappa shape index (κ1) is 12.8. The molecule has 2 rings (SSSR count). The molecule has 7 heteroatoms. The molecule has 2 amide bonds. The van der Waals surface area contributed by atoms with Gasteiger partial charge in [-0.25, -0.2) is 9.78 Å². The Morgan fingerprint density at radius 2 is 2.39 bits per heavy atom. The van der Waals surface area contributed by atoms with E-state index in [1.807, 2.05) is 12.3 Å². The molecule has 1 fully saturated rings. The van der Waals surface area contributed by atoms with Gasteiger partial charge in [-0.1, -0.05) is 6.92 Å². The number of carbonyl (C=O) groups is 2. The van der Waals surface area contributed by atoms with Gasteiger partial charge in [0.2, 0.25) is 0 Å². The second-order valence-corrected chi connectivity index (χ2v) is 5.32. The summed E-state index contributed by atoms with van der Waals surface area (Å²) in [7, 11) is 0. The highest BCUT2D eigenvalue weighted by Gasteiger charge is 2.35. The largest absolute Gasteiger partial charge is 0.481 e. The number of likely N-dealkylation sites (tertiary alicyclic amines) is 1. The predicted octanol–water partition coefficient (Wildman–Crippen LogP) is 0.973. The molecule has 98 valence electrons. The van der Waals surface area contributed by atoms with E-state index in [4.69, 9.17) is 5.11 Å². The van der Waals surface area contributed by atoms with E-state index in [0.717, 1.165) is 5.01 Å². The van der Waals surface area contributed by atoms with Crippen molar-refractivity contribution in [2.75, 3.05) is 19.6 Å². The molecular formula is C11H15N3O3S. The highest BCUT2D eigenvalue weighted by Crippen LogP contribution is 2.18. The van der Waals surface area contributed by atoms with Crippen LogP contribution in [-0.2, 0) is 4.79 Å². The van der Waals surface area contributed by atoms with Gasteiger partial charge in [0.05, 0.1) is 10.9 Å². The molecule has 1 saturated heterocycles. The van der Waals surface area contributed by atoms with Crippen molar-refractivity contribution in [2.45, 2.75) is 12.8 Å². The number of urea groups is 1. The quantitative estimate of drug-likeness (QED) is 0.853. The molecular weight excluding hydrogens is 254 g/mol. The lowest BCUT2D eigenvalue weighted by atomic mass is 10.0. The maximum absolute atomic E-state index is 11.7. The smallest absolute Gasteiger partial charge is 0.317 e. The van der Waals surface area contributed by atoms with Crippen LogP contribution in [0.5, 0.6) is 0 Å². The van der Waals surface area contributed by atoms with E-state index in [1.165, 1.54) is 4.90 Å². The van der Waals surface area contributed by atoms with Gasteiger partial charge >= 0.3 is 12.0 Å². The summed E-state index contributed by atoms with van der Waals surface area (Å²) in [6.45, 7) is 3.11. The van der Waals surface area contributed by atoms with Gasteiger partial charge in [-0.15, -0.1) is 11.3 Å². The predicted molar refractivity (Wildman–Crippen MR) is 66.6 cm³/mol. The maximum atomic E-state index is 11.7. The van der Waals surface area contributed by atoms with Crippen LogP contribution in [0.3, 0.4) is 0 Å². The van der Waals surface area contributed by atoms with Crippen LogP contribution in [0.2, 0.25) is 0 Å². The summed E-state index contributed by atoms with van der Waals surface area (Å²) in [5.41, 5.74) is 0. The second-order valence-electron chi connectivity index (χ2n) is 4.40. The van der Waals surface area contributed by atoms with Crippen molar-refractivity contribution >= 4 is 23.3 Å². The Bertz CT molecular complexity index is 429. The molecule has 0 saturated carbocycles. The maximum Gasteiger partial charge on any atom is 0.317 e. The number of aliphatic carboxylic acids is 1. The minimum absolute atomic E-state index is 0.172. The second kappa shape index (κ2) is 5.34. The molecule has 1 unspecified atom stereocenters. The third-order valence-corrected chi connectivity index (χ3v) is 3.96. The fraction of sp³-hybridized carbons (Fsp3) is 0.545. The van der Waals surface area contributed by atoms with Crippen molar-refractivity contribution in [3.63, 3.8) is 0 Å². The summed E-state index contributed by atoms with van der Waals surface area (Å²) in [5, 5.41) is 14.4. The standard InChI is InChI=1S/C11H15N3O3S/c1-7(9-12-2-3-18-9)4-13-11(17)14-5-8(6-14)10(15)16/h2-3,7-8H,4-6H2,1H3,(H,13,17)(H,15,16). The number of carboxylic acid groups (broad SMARTS) is 1. The number of carbonyl (C=O) groups excluding carboxylic acids is 1. The van der Waals surface area contributed by atoms with E-state index in [9.17, 15) is 9.59 Å². The molecule has 1 aromatic heterocycles. The molecule has 0 spiro atoms. The lowest BCUT2D eigenvalue weighted by Crippen LogP contribution is -2.56. The van der Waals surface area contributed by atoms with Crippen molar-refractivity contribution in [1.82, 2.24) is 15.2 Å². The average Bonchev–Trinajstić information content (AvgIpc) is 2.76. The normalized spacial score (nSPS) is 17.1. The number of carboxylic acids is 1. The van der Waals surface area contributed by atoms with Gasteiger partial charge in [0, 0.05) is 37.1 Å². The number of nitrogens with zero attached hydrogens (tertiary/aromatic N) is 2. The Balaban J connectivity index is 1.72. The first-order valence-electron chi connectivity index (χ1n) is 5.73. The van der Waals surface area contributed by atoms with Gasteiger partial charge in [0.25, 0.3) is 0 Å². The SMILES string of the molecule is CC(CNC(=O)N1CC(C(=O)O)C1)c1nccs1. The molecule has 2 N–H and O–H groups in total. The fourth-order valence-corrected chi connectivity index (χ4v) is 2.42. The number of aromatic nitrogens is 1. The number of thiazole rings is 1. The zero-order chi connectivity index (χ0) is 13.1. The van der Waals surface area contributed by atoms with Crippen molar-refractivity contribution in [1.29, 1.82) is 0 Å². The van der Waals surface area contributed by atoms with Gasteiger partial charge < -0.3 is 15.3 Å². The van der Waals surface area contributed by atoms with Crippen LogP contribution in [-0.4, -0.2) is 46.6 Å². The van der Waals surface area contributed by atoms with Crippen LogP contribution in [0.15, 0.2) is 11.6 Å². The minimum Gasteiger partial charge on any atom is -0.481 e. The van der Waals surface area contributed by atoms with E-state index in [2.05, 4.69) is 10.3 Å². The molecule has 1 aliphatic rings. The van der Waals surface area contributed by atoms with Crippen LogP contribution >= 0.6 is 11.3 Å². The Morgan fingerprint density at radius 3 is 2.94 bits per heavy atom. The van der Waals surface area contributed by atoms with Crippen molar-refractivity contribution in [3.8, 4) is 0 Å². The Morgan fingerprint density at radius 1 is 1.67 bits per heavy atom. The summed E-state index contributed by atoms with van der Waals surface area (Å²) < 4.78 is 0. The van der Waals surface area contributed by atoms with Gasteiger partial charge in [-0.05, 0) is 0 Å². The summed E-state index contributed by atoms with van der Waals surface area (Å²) >= 11 is 1.56. The number of hydrogen-bond donors (Lipinski definition) is 2. The summed E-state index contributed by atoms with van der Waals surface area (Å²) in [5.74, 6) is -1.08. The number of hydrogen-bond acceptors (Lipinski definition) is 4. The van der Waals surface area contributed by atoms with Crippen molar-refractivity contribution < 1.29 is 14.7 Å². The molecule has 2 heterocycles. The number of nitrogens with one attached hydrogen (secondary N) is 1. The van der Waals surface area contributed by atoms with Gasteiger partial charge in [-0.2, -0.15) is 0 Å². The Hall–Kier alpha value is -1.63. The van der Waals surface area contributed by atoms with Crippen molar-refractivity contribution in [3.05, 3.63) is 16.6 Å². The average molecular weight is 269 g/mol. The molecule has 6 nitrogen and oxygen atoms in total. The van der Waals surface area contributed by atoms with Gasteiger partial charge in [0.15, 0.2) is 0 Å². The van der Waals surface area contributed by atoms with Crippen LogP contribution in [0, 0.1) is 5.92 Å². The molecule has 0 aromatic carbocycles. The third kappa shape index (κ3) is 2.79. The van der Waals surface area contributed by atoms with E-state index in [-0.39, 0.29) is 11.9 Å². The highest BCUT2D eigenvalue weighted by molar-refractivity contribution is 7.09. The van der Waals surface area contributed by atoms with Crippen LogP contribution in [0.4, 0.5) is 4.79 Å². The topological polar surface area (TPSA) is 82.5 Å². The summed E-state index contributed by atoms with van der Waals surface area (Å²) in [4.78, 5) is 28.0. The Labute approximate surface area is 109 Å². The zero-order valence-electron chi connectivity index (χ0n) is 10.00. The van der Waals surface area contributed by atoms with Crippen molar-refractivity contribution in [2.24, 2.45) is 5.92 Å². The Kier molecular flexibility index (Phi) is 3.81. The lowest BCUT2D eigenvalue weighted by molar-refractivity contribution is -0.146. The molecule has 18 heavy (non-hydrogen) atoms. The van der Waals surface area contributed by atoms with E-state index in [0.29, 0.717) is 19.6 Å². The minimum atomic E-state index is -0.838. The van der Waals surface area contributed by atoms with E-state index < -0.39 is 11.9 Å². The fourth-order valence-electron chi connectivity index (χ4n) is 1.72. The lowest BCUT2D eigenvalue weighted by Gasteiger charge is -2.36. The first-order valence-corrected chi connectivity index (χ1v) is 6.61. The number of rotatable bonds is 4. The molecule has 1 aliphatic heterocycles. The molecule has 0 radical (unpaired) electrons. The van der Waals surface area contributed by atoms with Gasteiger partial charge in [0.1, 0.15) is 0 Å². The molecule has 0 aliphatic carbocycles. The summed E-state index contributed by atoms with van der Waals surface area (Å²) in [6, 6.07) is -0.198.